The average molecular weight is 624 g/mol. The van der Waals surface area contributed by atoms with Crippen LogP contribution in [0.1, 0.15) is 29.5 Å². The molecule has 0 heterocycles. The van der Waals surface area contributed by atoms with Crippen molar-refractivity contribution in [1.29, 1.82) is 0 Å². The third-order valence-electron chi connectivity index (χ3n) is 7.24. The summed E-state index contributed by atoms with van der Waals surface area (Å²) < 4.78 is 4.99. The maximum Gasteiger partial charge on any atom is 0.306 e. The molecule has 0 aromatic heterocycles. The molecular weight excluding hydrogens is 586 g/mol. The Labute approximate surface area is 267 Å². The molecule has 0 bridgehead atoms. The van der Waals surface area contributed by atoms with Gasteiger partial charge >= 0.3 is 11.9 Å². The number of ether oxygens (including phenoxy) is 1. The minimum atomic E-state index is -1.11. The summed E-state index contributed by atoms with van der Waals surface area (Å²) in [4.78, 5) is 62.6. The SMILES string of the molecule is O=C(O)CCC(=O)OCCNC(=O)[C@H](Cc1ccccc1)NC(=O)[C@H](Cc1ccccc1)NC(=O)Cc1ccc2ccccc2c1. The van der Waals surface area contributed by atoms with E-state index < -0.39 is 35.8 Å². The minimum Gasteiger partial charge on any atom is -0.481 e. The molecule has 4 aromatic rings. The first-order valence-electron chi connectivity index (χ1n) is 15.1. The number of carbonyl (C=O) groups is 5. The second-order valence-corrected chi connectivity index (χ2v) is 10.8. The number of rotatable bonds is 16. The molecular formula is C36H37N3O7. The quantitative estimate of drug-likeness (QED) is 0.110. The molecule has 0 aliphatic rings. The Morgan fingerprint density at radius 3 is 1.85 bits per heavy atom. The maximum absolute atomic E-state index is 13.7. The van der Waals surface area contributed by atoms with Crippen molar-refractivity contribution in [3.63, 3.8) is 0 Å². The van der Waals surface area contributed by atoms with Crippen LogP contribution in [0.4, 0.5) is 0 Å². The lowest BCUT2D eigenvalue weighted by atomic mass is 10.0. The number of carboxylic acids is 1. The lowest BCUT2D eigenvalue weighted by molar-refractivity contribution is -0.147. The highest BCUT2D eigenvalue weighted by atomic mass is 16.5. The molecule has 0 aliphatic carbocycles. The van der Waals surface area contributed by atoms with Crippen molar-refractivity contribution in [2.24, 2.45) is 0 Å². The number of benzene rings is 4. The van der Waals surface area contributed by atoms with Crippen molar-refractivity contribution in [3.05, 3.63) is 120 Å². The van der Waals surface area contributed by atoms with E-state index in [1.165, 1.54) is 0 Å². The topological polar surface area (TPSA) is 151 Å². The first-order chi connectivity index (χ1) is 22.3. The molecule has 0 fully saturated rings. The molecule has 46 heavy (non-hydrogen) atoms. The molecule has 4 aromatic carbocycles. The summed E-state index contributed by atoms with van der Waals surface area (Å²) >= 11 is 0. The van der Waals surface area contributed by atoms with Crippen molar-refractivity contribution in [2.45, 2.75) is 44.2 Å². The number of amides is 3. The van der Waals surface area contributed by atoms with Crippen LogP contribution in [0.15, 0.2) is 103 Å². The van der Waals surface area contributed by atoms with Crippen LogP contribution in [0.3, 0.4) is 0 Å². The Balaban J connectivity index is 1.44. The molecule has 238 valence electrons. The highest BCUT2D eigenvalue weighted by Gasteiger charge is 2.27. The van der Waals surface area contributed by atoms with Gasteiger partial charge in [0.05, 0.1) is 25.8 Å². The largest absolute Gasteiger partial charge is 0.481 e. The van der Waals surface area contributed by atoms with Crippen LogP contribution in [-0.4, -0.2) is 60.0 Å². The van der Waals surface area contributed by atoms with E-state index in [9.17, 15) is 24.0 Å². The van der Waals surface area contributed by atoms with E-state index in [1.54, 1.807) is 0 Å². The second-order valence-electron chi connectivity index (χ2n) is 10.8. The smallest absolute Gasteiger partial charge is 0.306 e. The zero-order chi connectivity index (χ0) is 32.7. The van der Waals surface area contributed by atoms with Crippen LogP contribution < -0.4 is 16.0 Å². The molecule has 0 unspecified atom stereocenters. The Bertz CT molecular complexity index is 1640. The maximum atomic E-state index is 13.7. The van der Waals surface area contributed by atoms with Gasteiger partial charge in [-0.3, -0.25) is 24.0 Å². The number of hydrogen-bond donors (Lipinski definition) is 4. The van der Waals surface area contributed by atoms with E-state index >= 15 is 0 Å². The van der Waals surface area contributed by atoms with Crippen molar-refractivity contribution in [3.8, 4) is 0 Å². The van der Waals surface area contributed by atoms with Crippen LogP contribution in [-0.2, 0) is 48.0 Å². The number of carboxylic acid groups (broad SMARTS) is 1. The summed E-state index contributed by atoms with van der Waals surface area (Å²) in [6, 6.07) is 30.2. The summed E-state index contributed by atoms with van der Waals surface area (Å²) in [6.07, 6.45) is -0.158. The third kappa shape index (κ3) is 10.9. The van der Waals surface area contributed by atoms with E-state index in [1.807, 2.05) is 103 Å². The molecule has 4 N–H and O–H groups in total. The summed E-state index contributed by atoms with van der Waals surface area (Å²) in [7, 11) is 0. The molecule has 0 saturated carbocycles. The van der Waals surface area contributed by atoms with Gasteiger partial charge in [0.1, 0.15) is 18.7 Å². The zero-order valence-corrected chi connectivity index (χ0v) is 25.3. The van der Waals surface area contributed by atoms with Crippen LogP contribution in [0.5, 0.6) is 0 Å². The Kier molecular flexibility index (Phi) is 12.4. The first-order valence-corrected chi connectivity index (χ1v) is 15.1. The van der Waals surface area contributed by atoms with Gasteiger partial charge in [-0.25, -0.2) is 0 Å². The predicted octanol–water partition coefficient (Wildman–Crippen LogP) is 3.36. The van der Waals surface area contributed by atoms with Gasteiger partial charge < -0.3 is 25.8 Å². The van der Waals surface area contributed by atoms with E-state index in [0.717, 1.165) is 27.5 Å². The molecule has 3 amide bonds. The van der Waals surface area contributed by atoms with Gasteiger partial charge in [0.15, 0.2) is 0 Å². The lowest BCUT2D eigenvalue weighted by Crippen LogP contribution is -2.55. The number of carbonyl (C=O) groups excluding carboxylic acids is 4. The summed E-state index contributed by atoms with van der Waals surface area (Å²) in [6.45, 7) is -0.188. The van der Waals surface area contributed by atoms with Gasteiger partial charge in [0.25, 0.3) is 0 Å². The van der Waals surface area contributed by atoms with Gasteiger partial charge in [-0.1, -0.05) is 103 Å². The fourth-order valence-electron chi connectivity index (χ4n) is 4.91. The summed E-state index contributed by atoms with van der Waals surface area (Å²) in [5.41, 5.74) is 2.45. The monoisotopic (exact) mass is 623 g/mol. The van der Waals surface area contributed by atoms with Crippen molar-refractivity contribution in [2.75, 3.05) is 13.2 Å². The van der Waals surface area contributed by atoms with E-state index in [-0.39, 0.29) is 51.2 Å². The normalized spacial score (nSPS) is 12.0. The standard InChI is InChI=1S/C36H37N3O7/c40-32(24-27-15-16-28-13-7-8-14-29(28)21-27)38-31(23-26-11-5-2-6-12-26)36(45)39-30(22-25-9-3-1-4-10-25)35(44)37-19-20-46-34(43)18-17-33(41)42/h1-16,21,30-31H,17-20,22-24H2,(H,37,44)(H,38,40)(H,39,45)(H,41,42)/t30-,31-/m0/s1. The van der Waals surface area contributed by atoms with Crippen molar-refractivity contribution in [1.82, 2.24) is 16.0 Å². The van der Waals surface area contributed by atoms with Crippen molar-refractivity contribution >= 4 is 40.4 Å². The van der Waals surface area contributed by atoms with Gasteiger partial charge in [-0.2, -0.15) is 0 Å². The fourth-order valence-corrected chi connectivity index (χ4v) is 4.91. The van der Waals surface area contributed by atoms with Crippen molar-refractivity contribution < 1.29 is 33.8 Å². The number of aliphatic carboxylic acids is 1. The van der Waals surface area contributed by atoms with E-state index in [2.05, 4.69) is 16.0 Å². The summed E-state index contributed by atoms with van der Waals surface area (Å²) in [5.74, 6) is -3.15. The van der Waals surface area contributed by atoms with Gasteiger partial charge in [-0.05, 0) is 27.5 Å². The Hall–Kier alpha value is -5.51. The molecule has 0 radical (unpaired) electrons. The summed E-state index contributed by atoms with van der Waals surface area (Å²) in [5, 5.41) is 19.1. The van der Waals surface area contributed by atoms with Crippen LogP contribution >= 0.6 is 0 Å². The molecule has 0 aliphatic heterocycles. The van der Waals surface area contributed by atoms with Gasteiger partial charge in [0, 0.05) is 12.8 Å². The molecule has 0 saturated heterocycles. The van der Waals surface area contributed by atoms with Crippen LogP contribution in [0, 0.1) is 0 Å². The predicted molar refractivity (Wildman–Crippen MR) is 173 cm³/mol. The highest BCUT2D eigenvalue weighted by Crippen LogP contribution is 2.16. The Morgan fingerprint density at radius 1 is 0.630 bits per heavy atom. The number of nitrogens with one attached hydrogen (secondary N) is 3. The number of esters is 1. The number of fused-ring (bicyclic) bond motifs is 1. The number of hydrogen-bond acceptors (Lipinski definition) is 6. The Morgan fingerprint density at radius 2 is 1.22 bits per heavy atom. The average Bonchev–Trinajstić information content (AvgIpc) is 3.06. The molecule has 10 nitrogen and oxygen atoms in total. The molecule has 10 heteroatoms. The third-order valence-corrected chi connectivity index (χ3v) is 7.24. The molecule has 0 spiro atoms. The zero-order valence-electron chi connectivity index (χ0n) is 25.3. The lowest BCUT2D eigenvalue weighted by Gasteiger charge is -2.24. The van der Waals surface area contributed by atoms with E-state index in [0.29, 0.717) is 0 Å². The molecule has 2 atom stereocenters. The van der Waals surface area contributed by atoms with Crippen LogP contribution in [0.2, 0.25) is 0 Å². The fraction of sp³-hybridized carbons (Fsp3) is 0.250. The van der Waals surface area contributed by atoms with Gasteiger partial charge in [0.2, 0.25) is 17.7 Å². The minimum absolute atomic E-state index is 0.0330. The molecule has 4 rings (SSSR count). The second kappa shape index (κ2) is 17.1. The first kappa shape index (κ1) is 33.4. The van der Waals surface area contributed by atoms with Crippen LogP contribution in [0.25, 0.3) is 10.8 Å². The van der Waals surface area contributed by atoms with E-state index in [4.69, 9.17) is 9.84 Å². The van der Waals surface area contributed by atoms with Gasteiger partial charge in [-0.15, -0.1) is 0 Å². The highest BCUT2D eigenvalue weighted by molar-refractivity contribution is 5.93.